The van der Waals surface area contributed by atoms with Gasteiger partial charge < -0.3 is 35.5 Å². The first-order valence-corrected chi connectivity index (χ1v) is 31.5. The van der Waals surface area contributed by atoms with Crippen molar-refractivity contribution in [2.24, 2.45) is 0 Å². The number of benzene rings is 3. The molecular weight excluding hydrogens is 1040 g/mol. The van der Waals surface area contributed by atoms with Crippen LogP contribution in [0.15, 0.2) is 72.8 Å². The van der Waals surface area contributed by atoms with Gasteiger partial charge in [-0.3, -0.25) is 0 Å². The van der Waals surface area contributed by atoms with Crippen molar-refractivity contribution in [2.75, 3.05) is 19.8 Å². The molecule has 1 aliphatic heterocycles. The number of ether oxygens (including phenoxy) is 3. The molecule has 1 saturated heterocycles. The molecule has 1 aliphatic rings. The van der Waals surface area contributed by atoms with Crippen LogP contribution in [0.2, 0.25) is 37.8 Å². The molecule has 0 saturated carbocycles. The van der Waals surface area contributed by atoms with Gasteiger partial charge in [0.05, 0.1) is 19.8 Å². The summed E-state index contributed by atoms with van der Waals surface area (Å²) in [4.78, 5) is 11.0. The maximum atomic E-state index is 11.0. The largest absolute Gasteiger partial charge is 0.494 e. The van der Waals surface area contributed by atoms with Gasteiger partial charge in [0.1, 0.15) is 17.2 Å². The molecule has 0 aliphatic carbocycles. The zero-order valence-electron chi connectivity index (χ0n) is 26.7. The Morgan fingerprint density at radius 2 is 1.17 bits per heavy atom. The van der Waals surface area contributed by atoms with Crippen molar-refractivity contribution in [3.05, 3.63) is 83.5 Å². The van der Waals surface area contributed by atoms with E-state index in [0.29, 0.717) is 25.9 Å². The van der Waals surface area contributed by atoms with Gasteiger partial charge in [-0.15, -0.1) is 0 Å². The normalized spacial score (nSPS) is 18.1. The van der Waals surface area contributed by atoms with Crippen molar-refractivity contribution >= 4 is 120 Å². The van der Waals surface area contributed by atoms with Crippen LogP contribution >= 0.6 is 67.8 Å². The Morgan fingerprint density at radius 1 is 0.702 bits per heavy atom. The summed E-state index contributed by atoms with van der Waals surface area (Å²) in [5.74, 6) is 2.59. The van der Waals surface area contributed by atoms with Crippen LogP contribution in [0.3, 0.4) is 0 Å². The predicted molar refractivity (Wildman–Crippen MR) is 221 cm³/mol. The lowest BCUT2D eigenvalue weighted by Gasteiger charge is -2.34. The quantitative estimate of drug-likeness (QED) is 0.0789. The van der Waals surface area contributed by atoms with Crippen molar-refractivity contribution in [1.82, 2.24) is 0 Å². The molecule has 0 amide bonds. The number of halogens is 3. The van der Waals surface area contributed by atoms with Gasteiger partial charge in [0.2, 0.25) is 25.2 Å². The molecule has 3 aromatic carbocycles. The van der Waals surface area contributed by atoms with E-state index in [0.717, 1.165) is 48.6 Å². The zero-order chi connectivity index (χ0) is 33.6. The monoisotopic (exact) mass is 1080 g/mol. The van der Waals surface area contributed by atoms with Crippen LogP contribution in [-0.2, 0) is 16.5 Å². The van der Waals surface area contributed by atoms with Gasteiger partial charge in [-0.25, -0.2) is 0 Å². The summed E-state index contributed by atoms with van der Waals surface area (Å²) < 4.78 is 49.2. The summed E-state index contributed by atoms with van der Waals surface area (Å²) >= 11 is 6.89. The lowest BCUT2D eigenvalue weighted by Crippen LogP contribution is -2.58. The van der Waals surface area contributed by atoms with Crippen LogP contribution < -0.4 is 14.2 Å². The highest BCUT2D eigenvalue weighted by atomic mass is 127. The average Bonchev–Trinajstić information content (AvgIpc) is 3.18. The van der Waals surface area contributed by atoms with Crippen LogP contribution in [0.5, 0.6) is 17.2 Å². The Balaban J connectivity index is 1.41. The van der Waals surface area contributed by atoms with E-state index in [2.05, 4.69) is 93.0 Å². The first kappa shape index (κ1) is 40.1. The second-order valence-corrected chi connectivity index (χ2v) is 34.3. The van der Waals surface area contributed by atoms with E-state index < -0.39 is 52.3 Å². The molecule has 1 heterocycles. The number of rotatable bonds is 18. The van der Waals surface area contributed by atoms with E-state index in [1.807, 2.05) is 67.2 Å². The van der Waals surface area contributed by atoms with Crippen LogP contribution in [-0.4, -0.2) is 76.9 Å². The zero-order valence-corrected chi connectivity index (χ0v) is 39.2. The standard InChI is InChI=1S/C30H40I3O8Si6/c1-42(22-4-19-35-28-13-7-25(31)8-14-28)39-47(24-6-21-37-30-17-11-27(33)12-18-30)40-45(38-44(3)46(41-47)43(2)34)23-5-20-36-29-15-9-26(32)10-16-29/h7-18,34H,4-6,19-24H2,1-3H3. The van der Waals surface area contributed by atoms with Crippen molar-refractivity contribution in [2.45, 2.75) is 57.0 Å². The molecule has 0 spiro atoms. The third-order valence-electron chi connectivity index (χ3n) is 6.84. The minimum atomic E-state index is -3.20. The third-order valence-corrected chi connectivity index (χ3v) is 35.1. The van der Waals surface area contributed by atoms with Crippen LogP contribution in [0.25, 0.3) is 0 Å². The van der Waals surface area contributed by atoms with Gasteiger partial charge in [0, 0.05) is 16.8 Å². The maximum Gasteiger partial charge on any atom is 0.470 e. The molecule has 1 N–H and O–H groups in total. The minimum absolute atomic E-state index is 0.531. The first-order chi connectivity index (χ1) is 22.6. The Bertz CT molecular complexity index is 1330. The lowest BCUT2D eigenvalue weighted by molar-refractivity contribution is 0.240. The Kier molecular flexibility index (Phi) is 17.9. The van der Waals surface area contributed by atoms with E-state index in [4.69, 9.17) is 30.7 Å². The van der Waals surface area contributed by atoms with E-state index in [1.54, 1.807) is 0 Å². The van der Waals surface area contributed by atoms with Gasteiger partial charge in [0.15, 0.2) is 9.04 Å². The van der Waals surface area contributed by atoms with Crippen LogP contribution in [0, 0.1) is 10.7 Å². The van der Waals surface area contributed by atoms with Gasteiger partial charge in [-0.2, -0.15) is 0 Å². The molecule has 1 unspecified atom stereocenters. The molecule has 4 rings (SSSR count). The minimum Gasteiger partial charge on any atom is -0.494 e. The molecule has 0 bridgehead atoms. The van der Waals surface area contributed by atoms with E-state index in [-0.39, 0.29) is 0 Å². The Labute approximate surface area is 329 Å². The van der Waals surface area contributed by atoms with E-state index in [1.165, 1.54) is 10.7 Å². The Hall–Kier alpha value is 0.351. The van der Waals surface area contributed by atoms with E-state index in [9.17, 15) is 4.80 Å². The fraction of sp³-hybridized carbons (Fsp3) is 0.400. The molecule has 1 fully saturated rings. The molecule has 47 heavy (non-hydrogen) atoms. The maximum absolute atomic E-state index is 11.0. The fourth-order valence-electron chi connectivity index (χ4n) is 4.59. The SMILES string of the molecule is C[Si](CCCOc1ccc(I)cc1)O[Si]1(CCCOc2ccc(I)cc2)O[Si](CCCOc2ccc(I)cc2)O[Si](C)[Si]([Si](C)O)O1. The van der Waals surface area contributed by atoms with Crippen LogP contribution in [0.1, 0.15) is 19.3 Å². The third kappa shape index (κ3) is 14.5. The van der Waals surface area contributed by atoms with Crippen molar-refractivity contribution in [3.63, 3.8) is 0 Å². The summed E-state index contributed by atoms with van der Waals surface area (Å²) in [6.07, 6.45) is 2.41. The second kappa shape index (κ2) is 21.0. The van der Waals surface area contributed by atoms with Gasteiger partial charge in [0.25, 0.3) is 0 Å². The van der Waals surface area contributed by atoms with E-state index >= 15 is 0 Å². The van der Waals surface area contributed by atoms with Gasteiger partial charge in [-0.05, 0) is 192 Å². The molecule has 5 radical (unpaired) electrons. The molecule has 3 aromatic rings. The Morgan fingerprint density at radius 3 is 1.66 bits per heavy atom. The van der Waals surface area contributed by atoms with Gasteiger partial charge >= 0.3 is 18.1 Å². The molecule has 0 aromatic heterocycles. The highest BCUT2D eigenvalue weighted by Gasteiger charge is 2.53. The average molecular weight is 1080 g/mol. The van der Waals surface area contributed by atoms with Crippen molar-refractivity contribution in [1.29, 1.82) is 0 Å². The number of hydrogen-bond donors (Lipinski definition) is 1. The highest BCUT2D eigenvalue weighted by molar-refractivity contribution is 14.1. The van der Waals surface area contributed by atoms with Crippen molar-refractivity contribution < 1.29 is 35.5 Å². The van der Waals surface area contributed by atoms with Crippen LogP contribution in [0.4, 0.5) is 0 Å². The summed E-state index contributed by atoms with van der Waals surface area (Å²) in [7, 11) is -10.9. The predicted octanol–water partition coefficient (Wildman–Crippen LogP) is 7.72. The highest BCUT2D eigenvalue weighted by Crippen LogP contribution is 2.29. The number of hydrogen-bond acceptors (Lipinski definition) is 8. The first-order valence-electron chi connectivity index (χ1n) is 15.4. The summed E-state index contributed by atoms with van der Waals surface area (Å²) in [6.45, 7) is 7.97. The second-order valence-electron chi connectivity index (χ2n) is 10.9. The molecule has 8 nitrogen and oxygen atoms in total. The topological polar surface area (TPSA) is 84.8 Å². The molecule has 1 atom stereocenters. The molecule has 253 valence electrons. The molecule has 17 heteroatoms. The summed E-state index contributed by atoms with van der Waals surface area (Å²) in [6, 6.07) is 26.6. The molecular formula is C30H40I3O8Si6. The lowest BCUT2D eigenvalue weighted by atomic mass is 10.3. The smallest absolute Gasteiger partial charge is 0.470 e. The van der Waals surface area contributed by atoms with Crippen molar-refractivity contribution in [3.8, 4) is 17.2 Å². The fourth-order valence-corrected chi connectivity index (χ4v) is 34.9. The van der Waals surface area contributed by atoms with Gasteiger partial charge in [-0.1, -0.05) is 0 Å². The summed E-state index contributed by atoms with van der Waals surface area (Å²) in [5.41, 5.74) is 0. The summed E-state index contributed by atoms with van der Waals surface area (Å²) in [5, 5.41) is 0.